The van der Waals surface area contributed by atoms with Gasteiger partial charge in [0.15, 0.2) is 11.6 Å². The number of hydrogen-bond donors (Lipinski definition) is 2. The van der Waals surface area contributed by atoms with Crippen LogP contribution in [0.3, 0.4) is 0 Å². The van der Waals surface area contributed by atoms with Gasteiger partial charge in [-0.25, -0.2) is 13.2 Å². The van der Waals surface area contributed by atoms with Gasteiger partial charge in [-0.1, -0.05) is 0 Å². The van der Waals surface area contributed by atoms with Gasteiger partial charge in [0.2, 0.25) is 0 Å². The van der Waals surface area contributed by atoms with E-state index in [1.54, 1.807) is 0 Å². The standard InChI is InChI=1S/C9H10F3NO.ClH/c10-6-1-5(2-7(13)4-14)9(12)8(11)3-6;/h1,3,7,14H,2,4,13H2;1H. The Morgan fingerprint density at radius 3 is 2.40 bits per heavy atom. The highest BCUT2D eigenvalue weighted by Gasteiger charge is 2.13. The quantitative estimate of drug-likeness (QED) is 0.786. The highest BCUT2D eigenvalue weighted by Crippen LogP contribution is 2.15. The van der Waals surface area contributed by atoms with Crippen LogP contribution in [0, 0.1) is 17.5 Å². The van der Waals surface area contributed by atoms with Gasteiger partial charge in [0.25, 0.3) is 0 Å². The predicted octanol–water partition coefficient (Wildman–Crippen LogP) is 1.39. The molecule has 6 heteroatoms. The van der Waals surface area contributed by atoms with Crippen molar-refractivity contribution in [3.8, 4) is 0 Å². The molecule has 0 heterocycles. The van der Waals surface area contributed by atoms with E-state index in [0.29, 0.717) is 6.07 Å². The van der Waals surface area contributed by atoms with Crippen molar-refractivity contribution in [3.05, 3.63) is 35.1 Å². The average Bonchev–Trinajstić information content (AvgIpc) is 2.13. The Morgan fingerprint density at radius 2 is 1.87 bits per heavy atom. The second-order valence-electron chi connectivity index (χ2n) is 3.01. The van der Waals surface area contributed by atoms with Crippen LogP contribution in [0.15, 0.2) is 12.1 Å². The van der Waals surface area contributed by atoms with Gasteiger partial charge in [-0.2, -0.15) is 0 Å². The molecule has 0 amide bonds. The predicted molar refractivity (Wildman–Crippen MR) is 52.3 cm³/mol. The molecule has 0 aliphatic carbocycles. The van der Waals surface area contributed by atoms with Gasteiger partial charge in [-0.15, -0.1) is 12.4 Å². The van der Waals surface area contributed by atoms with Crippen molar-refractivity contribution in [2.75, 3.05) is 6.61 Å². The molecule has 86 valence electrons. The highest BCUT2D eigenvalue weighted by atomic mass is 35.5. The molecule has 2 nitrogen and oxygen atoms in total. The molecule has 0 aliphatic heterocycles. The van der Waals surface area contributed by atoms with E-state index in [-0.39, 0.29) is 31.0 Å². The Kier molecular flexibility index (Phi) is 5.64. The summed E-state index contributed by atoms with van der Waals surface area (Å²) in [7, 11) is 0. The van der Waals surface area contributed by atoms with Gasteiger partial charge < -0.3 is 10.8 Å². The van der Waals surface area contributed by atoms with Crippen LogP contribution in [-0.4, -0.2) is 17.8 Å². The van der Waals surface area contributed by atoms with E-state index in [0.717, 1.165) is 6.07 Å². The van der Waals surface area contributed by atoms with Crippen LogP contribution in [-0.2, 0) is 6.42 Å². The first-order valence-electron chi connectivity index (χ1n) is 4.04. The van der Waals surface area contributed by atoms with Crippen LogP contribution in [0.25, 0.3) is 0 Å². The van der Waals surface area contributed by atoms with Crippen molar-refractivity contribution in [1.82, 2.24) is 0 Å². The lowest BCUT2D eigenvalue weighted by Crippen LogP contribution is -2.27. The van der Waals surface area contributed by atoms with E-state index in [1.165, 1.54) is 0 Å². The first kappa shape index (κ1) is 14.2. The lowest BCUT2D eigenvalue weighted by molar-refractivity contribution is 0.264. The molecule has 1 aromatic rings. The van der Waals surface area contributed by atoms with Gasteiger partial charge in [-0.3, -0.25) is 0 Å². The van der Waals surface area contributed by atoms with Crippen LogP contribution in [0.1, 0.15) is 5.56 Å². The molecule has 1 rings (SSSR count). The first-order chi connectivity index (χ1) is 6.54. The maximum absolute atomic E-state index is 13.0. The number of rotatable bonds is 3. The SMILES string of the molecule is Cl.NC(CO)Cc1cc(F)cc(F)c1F. The van der Waals surface area contributed by atoms with Crippen LogP contribution in [0.5, 0.6) is 0 Å². The summed E-state index contributed by atoms with van der Waals surface area (Å²) >= 11 is 0. The monoisotopic (exact) mass is 241 g/mol. The number of hydrogen-bond acceptors (Lipinski definition) is 2. The lowest BCUT2D eigenvalue weighted by Gasteiger charge is -2.09. The molecule has 1 unspecified atom stereocenters. The maximum atomic E-state index is 13.0. The molecule has 1 atom stereocenters. The zero-order chi connectivity index (χ0) is 10.7. The second-order valence-corrected chi connectivity index (χ2v) is 3.01. The summed E-state index contributed by atoms with van der Waals surface area (Å²) in [4.78, 5) is 0. The van der Waals surface area contributed by atoms with E-state index in [9.17, 15) is 13.2 Å². The topological polar surface area (TPSA) is 46.2 Å². The van der Waals surface area contributed by atoms with Crippen LogP contribution >= 0.6 is 12.4 Å². The Bertz CT molecular complexity index is 335. The van der Waals surface area contributed by atoms with Crippen LogP contribution < -0.4 is 5.73 Å². The average molecular weight is 242 g/mol. The third-order valence-electron chi connectivity index (χ3n) is 1.78. The minimum absolute atomic E-state index is 0. The molecule has 0 aromatic heterocycles. The van der Waals surface area contributed by atoms with Gasteiger partial charge in [0.05, 0.1) is 6.61 Å². The number of benzene rings is 1. The normalized spacial score (nSPS) is 12.1. The van der Waals surface area contributed by atoms with E-state index in [2.05, 4.69) is 0 Å². The Morgan fingerprint density at radius 1 is 1.27 bits per heavy atom. The molecule has 15 heavy (non-hydrogen) atoms. The maximum Gasteiger partial charge on any atom is 0.162 e. The molecule has 0 bridgehead atoms. The Labute approximate surface area is 91.3 Å². The molecule has 0 fully saturated rings. The third-order valence-corrected chi connectivity index (χ3v) is 1.78. The summed E-state index contributed by atoms with van der Waals surface area (Å²) in [5, 5.41) is 8.59. The van der Waals surface area contributed by atoms with Crippen molar-refractivity contribution in [2.45, 2.75) is 12.5 Å². The van der Waals surface area contributed by atoms with Crippen molar-refractivity contribution >= 4 is 12.4 Å². The molecule has 0 radical (unpaired) electrons. The molecule has 0 saturated carbocycles. The number of aliphatic hydroxyl groups is 1. The zero-order valence-electron chi connectivity index (χ0n) is 7.71. The molecule has 1 aromatic carbocycles. The van der Waals surface area contributed by atoms with Crippen molar-refractivity contribution in [2.24, 2.45) is 5.73 Å². The smallest absolute Gasteiger partial charge is 0.162 e. The van der Waals surface area contributed by atoms with Crippen LogP contribution in [0.4, 0.5) is 13.2 Å². The summed E-state index contributed by atoms with van der Waals surface area (Å²) in [5.41, 5.74) is 5.15. The first-order valence-corrected chi connectivity index (χ1v) is 4.04. The fourth-order valence-electron chi connectivity index (χ4n) is 1.10. The molecule has 0 saturated heterocycles. The zero-order valence-corrected chi connectivity index (χ0v) is 8.53. The van der Waals surface area contributed by atoms with Crippen molar-refractivity contribution in [3.63, 3.8) is 0 Å². The molecular formula is C9H11ClF3NO. The molecule has 0 spiro atoms. The second kappa shape index (κ2) is 5.95. The molecule has 0 aliphatic rings. The van der Waals surface area contributed by atoms with Gasteiger partial charge >= 0.3 is 0 Å². The summed E-state index contributed by atoms with van der Waals surface area (Å²) in [6.45, 7) is -0.364. The minimum Gasteiger partial charge on any atom is -0.395 e. The van der Waals surface area contributed by atoms with E-state index in [1.807, 2.05) is 0 Å². The summed E-state index contributed by atoms with van der Waals surface area (Å²) in [6.07, 6.45) is -0.100. The van der Waals surface area contributed by atoms with Crippen molar-refractivity contribution < 1.29 is 18.3 Å². The summed E-state index contributed by atoms with van der Waals surface area (Å²) in [5.74, 6) is -3.22. The van der Waals surface area contributed by atoms with E-state index >= 15 is 0 Å². The third kappa shape index (κ3) is 3.70. The fraction of sp³-hybridized carbons (Fsp3) is 0.333. The van der Waals surface area contributed by atoms with Crippen LogP contribution in [0.2, 0.25) is 0 Å². The molecule has 3 N–H and O–H groups in total. The number of nitrogens with two attached hydrogens (primary N) is 1. The molecular weight excluding hydrogens is 231 g/mol. The lowest BCUT2D eigenvalue weighted by atomic mass is 10.1. The van der Waals surface area contributed by atoms with Gasteiger partial charge in [0, 0.05) is 12.1 Å². The minimum atomic E-state index is -1.25. The van der Waals surface area contributed by atoms with Gasteiger partial charge in [0.1, 0.15) is 5.82 Å². The van der Waals surface area contributed by atoms with E-state index < -0.39 is 23.5 Å². The number of halogens is 4. The Balaban J connectivity index is 0.00000196. The summed E-state index contributed by atoms with van der Waals surface area (Å²) < 4.78 is 38.3. The van der Waals surface area contributed by atoms with Crippen molar-refractivity contribution in [1.29, 1.82) is 0 Å². The summed E-state index contributed by atoms with van der Waals surface area (Å²) in [6, 6.07) is 0.614. The van der Waals surface area contributed by atoms with Gasteiger partial charge in [-0.05, 0) is 18.1 Å². The number of aliphatic hydroxyl groups excluding tert-OH is 1. The largest absolute Gasteiger partial charge is 0.395 e. The highest BCUT2D eigenvalue weighted by molar-refractivity contribution is 5.85. The van der Waals surface area contributed by atoms with E-state index in [4.69, 9.17) is 10.8 Å². The Hall–Kier alpha value is -0.780. The fourth-order valence-corrected chi connectivity index (χ4v) is 1.10.